The smallest absolute Gasteiger partial charge is 0.0883 e. The zero-order valence-electron chi connectivity index (χ0n) is 6.59. The van der Waals surface area contributed by atoms with Gasteiger partial charge in [-0.05, 0) is 40.3 Å². The summed E-state index contributed by atoms with van der Waals surface area (Å²) in [6.45, 7) is 1.29. The highest BCUT2D eigenvalue weighted by Gasteiger charge is 2.35. The maximum atomic E-state index is 6.05. The number of rotatable bonds is 1. The summed E-state index contributed by atoms with van der Waals surface area (Å²) < 4.78 is 6.33. The standard InChI is InChI=1S/C9H10INO/c10-8-3-1-7(2-4-8)9(11)5-12-6-9/h1-4H,5-6,11H2. The van der Waals surface area contributed by atoms with Crippen LogP contribution < -0.4 is 5.73 Å². The highest BCUT2D eigenvalue weighted by Crippen LogP contribution is 2.26. The molecule has 1 fully saturated rings. The van der Waals surface area contributed by atoms with Gasteiger partial charge in [0, 0.05) is 3.57 Å². The van der Waals surface area contributed by atoms with Crippen LogP contribution in [0.5, 0.6) is 0 Å². The van der Waals surface area contributed by atoms with Gasteiger partial charge in [0.25, 0.3) is 0 Å². The summed E-state index contributed by atoms with van der Waals surface area (Å²) in [6, 6.07) is 8.29. The largest absolute Gasteiger partial charge is 0.377 e. The summed E-state index contributed by atoms with van der Waals surface area (Å²) in [5.74, 6) is 0. The highest BCUT2D eigenvalue weighted by atomic mass is 127. The van der Waals surface area contributed by atoms with Crippen molar-refractivity contribution >= 4 is 22.6 Å². The van der Waals surface area contributed by atoms with Crippen LogP contribution in [0.2, 0.25) is 0 Å². The molecule has 64 valence electrons. The van der Waals surface area contributed by atoms with Crippen LogP contribution in [0.3, 0.4) is 0 Å². The number of halogens is 1. The van der Waals surface area contributed by atoms with E-state index in [9.17, 15) is 0 Å². The van der Waals surface area contributed by atoms with E-state index in [1.807, 2.05) is 0 Å². The molecule has 12 heavy (non-hydrogen) atoms. The van der Waals surface area contributed by atoms with Crippen molar-refractivity contribution in [3.8, 4) is 0 Å². The molecule has 0 radical (unpaired) electrons. The fraction of sp³-hybridized carbons (Fsp3) is 0.333. The van der Waals surface area contributed by atoms with Crippen molar-refractivity contribution in [2.24, 2.45) is 5.73 Å². The van der Waals surface area contributed by atoms with Crippen LogP contribution in [0.1, 0.15) is 5.56 Å². The molecule has 1 aliphatic rings. The molecule has 0 unspecified atom stereocenters. The molecule has 0 atom stereocenters. The first kappa shape index (κ1) is 8.47. The molecular weight excluding hydrogens is 265 g/mol. The van der Waals surface area contributed by atoms with Crippen molar-refractivity contribution in [2.45, 2.75) is 5.54 Å². The Bertz CT molecular complexity index is 279. The Morgan fingerprint density at radius 3 is 2.25 bits per heavy atom. The first-order valence-corrected chi connectivity index (χ1v) is 4.91. The van der Waals surface area contributed by atoms with Crippen LogP contribution in [0, 0.1) is 3.57 Å². The Labute approximate surface area is 85.2 Å². The number of ether oxygens (including phenoxy) is 1. The molecule has 1 aliphatic heterocycles. The Hall–Kier alpha value is -0.130. The average Bonchev–Trinajstić information content (AvgIpc) is 2.02. The summed E-state index contributed by atoms with van der Waals surface area (Å²) in [5.41, 5.74) is 7.00. The van der Waals surface area contributed by atoms with E-state index >= 15 is 0 Å². The average molecular weight is 275 g/mol. The minimum absolute atomic E-state index is 0.218. The van der Waals surface area contributed by atoms with Gasteiger partial charge in [-0.15, -0.1) is 0 Å². The second kappa shape index (κ2) is 2.97. The van der Waals surface area contributed by atoms with Gasteiger partial charge in [0.1, 0.15) is 0 Å². The van der Waals surface area contributed by atoms with Crippen molar-refractivity contribution in [3.63, 3.8) is 0 Å². The maximum Gasteiger partial charge on any atom is 0.0883 e. The van der Waals surface area contributed by atoms with Crippen LogP contribution in [0.15, 0.2) is 24.3 Å². The van der Waals surface area contributed by atoms with Gasteiger partial charge in [-0.3, -0.25) is 0 Å². The summed E-state index contributed by atoms with van der Waals surface area (Å²) >= 11 is 2.28. The minimum atomic E-state index is -0.218. The fourth-order valence-electron chi connectivity index (χ4n) is 1.27. The van der Waals surface area contributed by atoms with Crippen LogP contribution in [0.25, 0.3) is 0 Å². The monoisotopic (exact) mass is 275 g/mol. The summed E-state index contributed by atoms with van der Waals surface area (Å²) in [4.78, 5) is 0. The molecule has 1 saturated heterocycles. The van der Waals surface area contributed by atoms with Crippen molar-refractivity contribution in [2.75, 3.05) is 13.2 Å². The normalized spacial score (nSPS) is 20.2. The van der Waals surface area contributed by atoms with E-state index in [0.717, 1.165) is 0 Å². The molecule has 0 aromatic heterocycles. The van der Waals surface area contributed by atoms with Crippen LogP contribution >= 0.6 is 22.6 Å². The number of benzene rings is 1. The van der Waals surface area contributed by atoms with Crippen molar-refractivity contribution in [1.82, 2.24) is 0 Å². The van der Waals surface area contributed by atoms with E-state index in [2.05, 4.69) is 46.9 Å². The maximum absolute atomic E-state index is 6.05. The van der Waals surface area contributed by atoms with Crippen molar-refractivity contribution in [3.05, 3.63) is 33.4 Å². The third kappa shape index (κ3) is 1.36. The van der Waals surface area contributed by atoms with Crippen LogP contribution in [0.4, 0.5) is 0 Å². The molecular formula is C9H10INO. The molecule has 0 spiro atoms. The molecule has 0 saturated carbocycles. The first-order valence-electron chi connectivity index (χ1n) is 3.83. The van der Waals surface area contributed by atoms with Gasteiger partial charge in [-0.1, -0.05) is 12.1 Å². The van der Waals surface area contributed by atoms with Gasteiger partial charge in [0.15, 0.2) is 0 Å². The molecule has 3 heteroatoms. The molecule has 1 aromatic carbocycles. The highest BCUT2D eigenvalue weighted by molar-refractivity contribution is 14.1. The number of hydrogen-bond acceptors (Lipinski definition) is 2. The van der Waals surface area contributed by atoms with Crippen molar-refractivity contribution < 1.29 is 4.74 Å². The van der Waals surface area contributed by atoms with E-state index < -0.39 is 0 Å². The van der Waals surface area contributed by atoms with Gasteiger partial charge in [0.2, 0.25) is 0 Å². The number of hydrogen-bond donors (Lipinski definition) is 1. The third-order valence-corrected chi connectivity index (χ3v) is 2.86. The van der Waals surface area contributed by atoms with Crippen molar-refractivity contribution in [1.29, 1.82) is 0 Å². The van der Waals surface area contributed by atoms with Gasteiger partial charge in [-0.2, -0.15) is 0 Å². The molecule has 2 N–H and O–H groups in total. The van der Waals surface area contributed by atoms with Gasteiger partial charge < -0.3 is 10.5 Å². The molecule has 2 nitrogen and oxygen atoms in total. The van der Waals surface area contributed by atoms with E-state index in [1.165, 1.54) is 9.13 Å². The Balaban J connectivity index is 2.28. The van der Waals surface area contributed by atoms with Crippen LogP contribution in [-0.2, 0) is 10.3 Å². The third-order valence-electron chi connectivity index (χ3n) is 2.14. The molecule has 1 aromatic rings. The second-order valence-corrected chi connectivity index (χ2v) is 4.40. The molecule has 0 bridgehead atoms. The molecule has 1 heterocycles. The molecule has 0 amide bonds. The SMILES string of the molecule is NC1(c2ccc(I)cc2)COC1. The Morgan fingerprint density at radius 1 is 1.25 bits per heavy atom. The van der Waals surface area contributed by atoms with E-state index in [-0.39, 0.29) is 5.54 Å². The van der Waals surface area contributed by atoms with E-state index in [0.29, 0.717) is 13.2 Å². The fourth-order valence-corrected chi connectivity index (χ4v) is 1.63. The lowest BCUT2D eigenvalue weighted by atomic mass is 9.89. The van der Waals surface area contributed by atoms with Gasteiger partial charge >= 0.3 is 0 Å². The minimum Gasteiger partial charge on any atom is -0.377 e. The summed E-state index contributed by atoms with van der Waals surface area (Å²) in [6.07, 6.45) is 0. The predicted octanol–water partition coefficient (Wildman–Crippen LogP) is 1.48. The second-order valence-electron chi connectivity index (χ2n) is 3.16. The lowest BCUT2D eigenvalue weighted by molar-refractivity contribution is -0.0569. The predicted molar refractivity (Wildman–Crippen MR) is 55.8 cm³/mol. The van der Waals surface area contributed by atoms with Gasteiger partial charge in [0.05, 0.1) is 18.8 Å². The topological polar surface area (TPSA) is 35.2 Å². The Kier molecular flexibility index (Phi) is 2.10. The zero-order valence-corrected chi connectivity index (χ0v) is 8.74. The number of nitrogens with two attached hydrogens (primary N) is 1. The zero-order chi connectivity index (χ0) is 8.60. The molecule has 2 rings (SSSR count). The molecule has 0 aliphatic carbocycles. The van der Waals surface area contributed by atoms with Crippen LogP contribution in [-0.4, -0.2) is 13.2 Å². The Morgan fingerprint density at radius 2 is 1.83 bits per heavy atom. The first-order chi connectivity index (χ1) is 5.71. The lowest BCUT2D eigenvalue weighted by Crippen LogP contribution is -2.54. The summed E-state index contributed by atoms with van der Waals surface area (Å²) in [5, 5.41) is 0. The quantitative estimate of drug-likeness (QED) is 0.788. The van der Waals surface area contributed by atoms with E-state index in [4.69, 9.17) is 10.5 Å². The van der Waals surface area contributed by atoms with E-state index in [1.54, 1.807) is 0 Å². The lowest BCUT2D eigenvalue weighted by Gasteiger charge is -2.38. The summed E-state index contributed by atoms with van der Waals surface area (Å²) in [7, 11) is 0. The van der Waals surface area contributed by atoms with Gasteiger partial charge in [-0.25, -0.2) is 0 Å².